The van der Waals surface area contributed by atoms with Crippen LogP contribution < -0.4 is 0 Å². The van der Waals surface area contributed by atoms with Gasteiger partial charge in [-0.25, -0.2) is 0 Å². The van der Waals surface area contributed by atoms with E-state index >= 15 is 0 Å². The third-order valence-corrected chi connectivity index (χ3v) is 1.68. The van der Waals surface area contributed by atoms with E-state index < -0.39 is 6.10 Å². The van der Waals surface area contributed by atoms with Crippen LogP contribution in [0.25, 0.3) is 0 Å². The molecule has 0 aliphatic heterocycles. The van der Waals surface area contributed by atoms with E-state index in [-0.39, 0.29) is 12.5 Å². The second-order valence-electron chi connectivity index (χ2n) is 2.61. The zero-order chi connectivity index (χ0) is 7.56. The Kier molecular flexibility index (Phi) is 2.25. The average molecular weight is 140 g/mol. The highest BCUT2D eigenvalue weighted by atomic mass is 16.3. The lowest BCUT2D eigenvalue weighted by Gasteiger charge is -2.18. The summed E-state index contributed by atoms with van der Waals surface area (Å²) in [4.78, 5) is 0. The van der Waals surface area contributed by atoms with Crippen molar-refractivity contribution in [2.75, 3.05) is 6.61 Å². The van der Waals surface area contributed by atoms with Gasteiger partial charge in [0.1, 0.15) is 0 Å². The summed E-state index contributed by atoms with van der Waals surface area (Å²) >= 11 is 0. The Morgan fingerprint density at radius 1 is 1.60 bits per heavy atom. The summed E-state index contributed by atoms with van der Waals surface area (Å²) in [5, 5.41) is 17.9. The third-order valence-electron chi connectivity index (χ3n) is 1.68. The van der Waals surface area contributed by atoms with E-state index in [2.05, 4.69) is 0 Å². The SMILES string of the molecule is CC1=CC(CO)C(O)C=C1. The molecule has 1 aliphatic rings. The molecule has 0 aromatic heterocycles. The van der Waals surface area contributed by atoms with E-state index in [4.69, 9.17) is 5.11 Å². The molecule has 0 radical (unpaired) electrons. The molecule has 1 rings (SSSR count). The second kappa shape index (κ2) is 2.99. The first-order chi connectivity index (χ1) is 4.74. The van der Waals surface area contributed by atoms with Crippen molar-refractivity contribution < 1.29 is 10.2 Å². The van der Waals surface area contributed by atoms with Gasteiger partial charge in [-0.1, -0.05) is 23.8 Å². The van der Waals surface area contributed by atoms with Crippen LogP contribution in [-0.4, -0.2) is 22.9 Å². The normalized spacial score (nSPS) is 32.1. The van der Waals surface area contributed by atoms with Gasteiger partial charge in [0.2, 0.25) is 0 Å². The van der Waals surface area contributed by atoms with E-state index in [1.165, 1.54) is 0 Å². The van der Waals surface area contributed by atoms with Crippen molar-refractivity contribution in [3.8, 4) is 0 Å². The van der Waals surface area contributed by atoms with Crippen LogP contribution >= 0.6 is 0 Å². The number of aliphatic hydroxyl groups excluding tert-OH is 2. The summed E-state index contributed by atoms with van der Waals surface area (Å²) in [6.45, 7) is 1.97. The lowest BCUT2D eigenvalue weighted by atomic mass is 9.95. The van der Waals surface area contributed by atoms with Crippen molar-refractivity contribution in [1.29, 1.82) is 0 Å². The van der Waals surface area contributed by atoms with Crippen LogP contribution in [0.5, 0.6) is 0 Å². The predicted octanol–water partition coefficient (Wildman–Crippen LogP) is 0.472. The zero-order valence-corrected chi connectivity index (χ0v) is 5.99. The van der Waals surface area contributed by atoms with E-state index in [0.717, 1.165) is 5.57 Å². The van der Waals surface area contributed by atoms with E-state index in [1.54, 1.807) is 6.08 Å². The van der Waals surface area contributed by atoms with Gasteiger partial charge in [-0.2, -0.15) is 0 Å². The first-order valence-corrected chi connectivity index (χ1v) is 3.39. The fraction of sp³-hybridized carbons (Fsp3) is 0.500. The molecule has 2 atom stereocenters. The van der Waals surface area contributed by atoms with Crippen molar-refractivity contribution in [2.24, 2.45) is 5.92 Å². The quantitative estimate of drug-likeness (QED) is 0.556. The van der Waals surface area contributed by atoms with Crippen LogP contribution in [0.2, 0.25) is 0 Å². The summed E-state index contributed by atoms with van der Waals surface area (Å²) in [6.07, 6.45) is 4.94. The number of allylic oxidation sites excluding steroid dienone is 2. The maximum Gasteiger partial charge on any atom is 0.0808 e. The molecule has 0 saturated heterocycles. The maximum atomic E-state index is 9.20. The topological polar surface area (TPSA) is 40.5 Å². The van der Waals surface area contributed by atoms with Crippen LogP contribution in [0.1, 0.15) is 6.92 Å². The van der Waals surface area contributed by atoms with E-state index in [1.807, 2.05) is 19.1 Å². The number of rotatable bonds is 1. The molecule has 0 saturated carbocycles. The first kappa shape index (κ1) is 7.51. The fourth-order valence-corrected chi connectivity index (χ4v) is 1.05. The highest BCUT2D eigenvalue weighted by Gasteiger charge is 2.15. The van der Waals surface area contributed by atoms with Crippen molar-refractivity contribution >= 4 is 0 Å². The minimum atomic E-state index is -0.506. The van der Waals surface area contributed by atoms with E-state index in [0.29, 0.717) is 0 Å². The van der Waals surface area contributed by atoms with Gasteiger partial charge in [-0.3, -0.25) is 0 Å². The maximum absolute atomic E-state index is 9.20. The molecule has 10 heavy (non-hydrogen) atoms. The number of hydrogen-bond acceptors (Lipinski definition) is 2. The van der Waals surface area contributed by atoms with Gasteiger partial charge in [-0.15, -0.1) is 0 Å². The molecule has 0 aromatic carbocycles. The van der Waals surface area contributed by atoms with Crippen LogP contribution in [0.15, 0.2) is 23.8 Å². The monoisotopic (exact) mass is 140 g/mol. The van der Waals surface area contributed by atoms with Crippen molar-refractivity contribution in [2.45, 2.75) is 13.0 Å². The van der Waals surface area contributed by atoms with Gasteiger partial charge in [0.05, 0.1) is 12.7 Å². The van der Waals surface area contributed by atoms with Crippen LogP contribution in [0.4, 0.5) is 0 Å². The van der Waals surface area contributed by atoms with Gasteiger partial charge in [0.15, 0.2) is 0 Å². The minimum Gasteiger partial charge on any atom is -0.396 e. The van der Waals surface area contributed by atoms with Gasteiger partial charge in [0.25, 0.3) is 0 Å². The van der Waals surface area contributed by atoms with Crippen LogP contribution in [-0.2, 0) is 0 Å². The number of hydrogen-bond donors (Lipinski definition) is 2. The first-order valence-electron chi connectivity index (χ1n) is 3.39. The van der Waals surface area contributed by atoms with Gasteiger partial charge in [0, 0.05) is 5.92 Å². The van der Waals surface area contributed by atoms with Gasteiger partial charge < -0.3 is 10.2 Å². The largest absolute Gasteiger partial charge is 0.396 e. The number of aliphatic hydroxyl groups is 2. The lowest BCUT2D eigenvalue weighted by Crippen LogP contribution is -2.21. The molecule has 2 unspecified atom stereocenters. The van der Waals surface area contributed by atoms with Crippen molar-refractivity contribution in [3.05, 3.63) is 23.8 Å². The van der Waals surface area contributed by atoms with E-state index in [9.17, 15) is 5.11 Å². The fourth-order valence-electron chi connectivity index (χ4n) is 1.05. The molecule has 0 fully saturated rings. The Balaban J connectivity index is 2.67. The molecule has 0 amide bonds. The summed E-state index contributed by atoms with van der Waals surface area (Å²) in [5.41, 5.74) is 1.10. The predicted molar refractivity (Wildman–Crippen MR) is 39.5 cm³/mol. The summed E-state index contributed by atoms with van der Waals surface area (Å²) in [5.74, 6) is -0.106. The zero-order valence-electron chi connectivity index (χ0n) is 5.99. The molecule has 2 nitrogen and oxygen atoms in total. The standard InChI is InChI=1S/C8H12O2/c1-6-2-3-8(10)7(4-6)5-9/h2-4,7-10H,5H2,1H3. The van der Waals surface area contributed by atoms with Crippen LogP contribution in [0, 0.1) is 5.92 Å². The molecule has 2 heteroatoms. The summed E-state index contributed by atoms with van der Waals surface area (Å²) < 4.78 is 0. The molecule has 0 heterocycles. The smallest absolute Gasteiger partial charge is 0.0808 e. The third kappa shape index (κ3) is 1.46. The molecule has 2 N–H and O–H groups in total. The second-order valence-corrected chi connectivity index (χ2v) is 2.61. The Bertz CT molecular complexity index is 170. The molecule has 0 aromatic rings. The Morgan fingerprint density at radius 2 is 2.30 bits per heavy atom. The minimum absolute atomic E-state index is 0.0167. The van der Waals surface area contributed by atoms with Crippen molar-refractivity contribution in [1.82, 2.24) is 0 Å². The molecular formula is C8H12O2. The molecule has 1 aliphatic carbocycles. The Labute approximate surface area is 60.5 Å². The molecule has 56 valence electrons. The average Bonchev–Trinajstić information content (AvgIpc) is 1.94. The Morgan fingerprint density at radius 3 is 2.80 bits per heavy atom. The molecule has 0 spiro atoms. The highest BCUT2D eigenvalue weighted by molar-refractivity contribution is 5.24. The van der Waals surface area contributed by atoms with Gasteiger partial charge >= 0.3 is 0 Å². The van der Waals surface area contributed by atoms with Crippen molar-refractivity contribution in [3.63, 3.8) is 0 Å². The highest BCUT2D eigenvalue weighted by Crippen LogP contribution is 2.15. The molecule has 0 bridgehead atoms. The molecular weight excluding hydrogens is 128 g/mol. The summed E-state index contributed by atoms with van der Waals surface area (Å²) in [6, 6.07) is 0. The lowest BCUT2D eigenvalue weighted by molar-refractivity contribution is 0.125. The summed E-state index contributed by atoms with van der Waals surface area (Å²) in [7, 11) is 0. The van der Waals surface area contributed by atoms with Crippen LogP contribution in [0.3, 0.4) is 0 Å². The Hall–Kier alpha value is -0.600. The van der Waals surface area contributed by atoms with Gasteiger partial charge in [-0.05, 0) is 6.92 Å².